The molecule has 0 fully saturated rings. The molecule has 0 unspecified atom stereocenters. The number of nitrogens with zero attached hydrogens (tertiary/aromatic N) is 2. The SMILES string of the molecule is CCCCCCN1c2ccc([N+](=O)[O-])cc2CC[C@H]1CC(=O)OC. The molecule has 0 saturated carbocycles. The van der Waals surface area contributed by atoms with Gasteiger partial charge in [-0.2, -0.15) is 0 Å². The van der Waals surface area contributed by atoms with Gasteiger partial charge < -0.3 is 9.64 Å². The molecule has 1 aromatic rings. The summed E-state index contributed by atoms with van der Waals surface area (Å²) in [6.45, 7) is 3.04. The third-order valence-electron chi connectivity index (χ3n) is 4.65. The number of esters is 1. The summed E-state index contributed by atoms with van der Waals surface area (Å²) in [5, 5.41) is 11.0. The molecule has 1 aliphatic rings. The molecule has 0 aliphatic carbocycles. The van der Waals surface area contributed by atoms with Crippen LogP contribution in [0.25, 0.3) is 0 Å². The average molecular weight is 334 g/mol. The van der Waals surface area contributed by atoms with Crippen LogP contribution in [0.5, 0.6) is 0 Å². The number of hydrogen-bond donors (Lipinski definition) is 0. The van der Waals surface area contributed by atoms with E-state index in [4.69, 9.17) is 4.74 Å². The van der Waals surface area contributed by atoms with Crippen molar-refractivity contribution in [2.75, 3.05) is 18.6 Å². The number of benzene rings is 1. The smallest absolute Gasteiger partial charge is 0.307 e. The Morgan fingerprint density at radius 3 is 2.83 bits per heavy atom. The van der Waals surface area contributed by atoms with Crippen LogP contribution in [0.3, 0.4) is 0 Å². The van der Waals surface area contributed by atoms with Crippen LogP contribution in [0.4, 0.5) is 11.4 Å². The van der Waals surface area contributed by atoms with Crippen LogP contribution in [-0.4, -0.2) is 30.6 Å². The number of hydrogen-bond acceptors (Lipinski definition) is 5. The lowest BCUT2D eigenvalue weighted by atomic mass is 9.93. The maximum Gasteiger partial charge on any atom is 0.307 e. The fourth-order valence-electron chi connectivity index (χ4n) is 3.34. The minimum absolute atomic E-state index is 0.105. The molecule has 0 aromatic heterocycles. The van der Waals surface area contributed by atoms with Crippen molar-refractivity contribution in [3.05, 3.63) is 33.9 Å². The van der Waals surface area contributed by atoms with Gasteiger partial charge in [-0.25, -0.2) is 0 Å². The van der Waals surface area contributed by atoms with E-state index in [0.717, 1.165) is 43.5 Å². The number of fused-ring (bicyclic) bond motifs is 1. The average Bonchev–Trinajstić information content (AvgIpc) is 2.59. The molecule has 0 radical (unpaired) electrons. The largest absolute Gasteiger partial charge is 0.469 e. The summed E-state index contributed by atoms with van der Waals surface area (Å²) in [4.78, 5) is 24.6. The van der Waals surface area contributed by atoms with E-state index >= 15 is 0 Å². The van der Waals surface area contributed by atoms with E-state index in [1.165, 1.54) is 20.0 Å². The highest BCUT2D eigenvalue weighted by Crippen LogP contribution is 2.34. The van der Waals surface area contributed by atoms with Crippen LogP contribution in [-0.2, 0) is 16.0 Å². The summed E-state index contributed by atoms with van der Waals surface area (Å²) in [6.07, 6.45) is 6.51. The van der Waals surface area contributed by atoms with E-state index in [2.05, 4.69) is 11.8 Å². The van der Waals surface area contributed by atoms with Crippen molar-refractivity contribution in [1.29, 1.82) is 0 Å². The lowest BCUT2D eigenvalue weighted by Gasteiger charge is -2.38. The maximum absolute atomic E-state index is 11.7. The molecule has 0 saturated heterocycles. The second-order valence-corrected chi connectivity index (χ2v) is 6.30. The van der Waals surface area contributed by atoms with Crippen molar-refractivity contribution in [1.82, 2.24) is 0 Å². The van der Waals surface area contributed by atoms with Gasteiger partial charge in [-0.15, -0.1) is 0 Å². The van der Waals surface area contributed by atoms with Crippen molar-refractivity contribution in [2.24, 2.45) is 0 Å². The van der Waals surface area contributed by atoms with Crippen LogP contribution < -0.4 is 4.90 Å². The molecule has 24 heavy (non-hydrogen) atoms. The van der Waals surface area contributed by atoms with Gasteiger partial charge in [0.2, 0.25) is 0 Å². The second-order valence-electron chi connectivity index (χ2n) is 6.30. The highest BCUT2D eigenvalue weighted by atomic mass is 16.6. The Morgan fingerprint density at radius 1 is 1.38 bits per heavy atom. The van der Waals surface area contributed by atoms with Crippen LogP contribution in [0.1, 0.15) is 51.0 Å². The third-order valence-corrected chi connectivity index (χ3v) is 4.65. The molecule has 1 aliphatic heterocycles. The zero-order chi connectivity index (χ0) is 17.5. The first-order chi connectivity index (χ1) is 11.6. The van der Waals surface area contributed by atoms with Gasteiger partial charge in [-0.3, -0.25) is 14.9 Å². The summed E-state index contributed by atoms with van der Waals surface area (Å²) in [5.41, 5.74) is 2.16. The molecule has 1 aromatic carbocycles. The summed E-state index contributed by atoms with van der Waals surface area (Å²) in [5.74, 6) is -0.205. The Balaban J connectivity index is 2.20. The summed E-state index contributed by atoms with van der Waals surface area (Å²) in [6, 6.07) is 5.16. The van der Waals surface area contributed by atoms with Crippen molar-refractivity contribution >= 4 is 17.3 Å². The number of rotatable bonds is 8. The lowest BCUT2D eigenvalue weighted by molar-refractivity contribution is -0.384. The molecule has 1 heterocycles. The van der Waals surface area contributed by atoms with Crippen LogP contribution in [0, 0.1) is 10.1 Å². The molecule has 2 rings (SSSR count). The number of nitro benzene ring substituents is 1. The van der Waals surface area contributed by atoms with Gasteiger partial charge in [0.05, 0.1) is 18.5 Å². The van der Waals surface area contributed by atoms with Gasteiger partial charge in [0.1, 0.15) is 0 Å². The normalized spacial score (nSPS) is 16.6. The molecule has 0 bridgehead atoms. The van der Waals surface area contributed by atoms with Gasteiger partial charge >= 0.3 is 5.97 Å². The van der Waals surface area contributed by atoms with Gasteiger partial charge in [-0.1, -0.05) is 26.2 Å². The van der Waals surface area contributed by atoms with Crippen molar-refractivity contribution in [2.45, 2.75) is 57.9 Å². The fourth-order valence-corrected chi connectivity index (χ4v) is 3.34. The summed E-state index contributed by atoms with van der Waals surface area (Å²) < 4.78 is 4.83. The van der Waals surface area contributed by atoms with Gasteiger partial charge in [0.15, 0.2) is 0 Å². The number of anilines is 1. The Bertz CT molecular complexity index is 588. The summed E-state index contributed by atoms with van der Waals surface area (Å²) >= 11 is 0. The van der Waals surface area contributed by atoms with E-state index in [-0.39, 0.29) is 22.6 Å². The number of aryl methyl sites for hydroxylation is 1. The fraction of sp³-hybridized carbons (Fsp3) is 0.611. The second kappa shape index (κ2) is 8.66. The van der Waals surface area contributed by atoms with Gasteiger partial charge in [-0.05, 0) is 30.9 Å². The first kappa shape index (κ1) is 18.2. The standard InChI is InChI=1S/C18H26N2O4/c1-3-4-5-6-11-19-15(13-18(21)24-2)8-7-14-12-16(20(22)23)9-10-17(14)19/h9-10,12,15H,3-8,11,13H2,1-2H3/t15-/m0/s1. The van der Waals surface area contributed by atoms with E-state index in [9.17, 15) is 14.9 Å². The number of carbonyl (C=O) groups excluding carboxylic acids is 1. The Hall–Kier alpha value is -2.11. The van der Waals surface area contributed by atoms with Crippen LogP contribution >= 0.6 is 0 Å². The highest BCUT2D eigenvalue weighted by Gasteiger charge is 2.29. The first-order valence-corrected chi connectivity index (χ1v) is 8.67. The van der Waals surface area contributed by atoms with Crippen molar-refractivity contribution in [3.8, 4) is 0 Å². The lowest BCUT2D eigenvalue weighted by Crippen LogP contribution is -2.41. The molecule has 0 spiro atoms. The minimum Gasteiger partial charge on any atom is -0.469 e. The number of unbranched alkanes of at least 4 members (excludes halogenated alkanes) is 3. The molecule has 0 amide bonds. The predicted molar refractivity (Wildman–Crippen MR) is 93.3 cm³/mol. The molecule has 0 N–H and O–H groups in total. The summed E-state index contributed by atoms with van der Waals surface area (Å²) in [7, 11) is 1.41. The van der Waals surface area contributed by atoms with Gasteiger partial charge in [0.25, 0.3) is 5.69 Å². The number of carbonyl (C=O) groups is 1. The zero-order valence-corrected chi connectivity index (χ0v) is 14.5. The van der Waals surface area contributed by atoms with E-state index < -0.39 is 0 Å². The molecule has 6 nitrogen and oxygen atoms in total. The van der Waals surface area contributed by atoms with E-state index in [1.807, 2.05) is 6.07 Å². The minimum atomic E-state index is -0.355. The highest BCUT2D eigenvalue weighted by molar-refractivity contribution is 5.71. The molecule has 6 heteroatoms. The van der Waals surface area contributed by atoms with E-state index in [0.29, 0.717) is 6.42 Å². The zero-order valence-electron chi connectivity index (χ0n) is 14.5. The molecular weight excluding hydrogens is 308 g/mol. The maximum atomic E-state index is 11.7. The Morgan fingerprint density at radius 2 is 2.17 bits per heavy atom. The topological polar surface area (TPSA) is 72.7 Å². The third kappa shape index (κ3) is 4.46. The van der Waals surface area contributed by atoms with Crippen molar-refractivity contribution < 1.29 is 14.5 Å². The van der Waals surface area contributed by atoms with Crippen LogP contribution in [0.2, 0.25) is 0 Å². The number of methoxy groups -OCH3 is 1. The van der Waals surface area contributed by atoms with E-state index in [1.54, 1.807) is 12.1 Å². The number of nitro groups is 1. The monoisotopic (exact) mass is 334 g/mol. The molecular formula is C18H26N2O4. The Labute approximate surface area is 142 Å². The van der Waals surface area contributed by atoms with Gasteiger partial charge in [0, 0.05) is 30.4 Å². The predicted octanol–water partition coefficient (Wildman–Crippen LogP) is 3.86. The molecule has 132 valence electrons. The Kier molecular flexibility index (Phi) is 6.58. The first-order valence-electron chi connectivity index (χ1n) is 8.67. The quantitative estimate of drug-likeness (QED) is 0.312. The number of non-ortho nitro benzene ring substituents is 1. The van der Waals surface area contributed by atoms with Crippen LogP contribution in [0.15, 0.2) is 18.2 Å². The van der Waals surface area contributed by atoms with Crippen molar-refractivity contribution in [3.63, 3.8) is 0 Å². The number of ether oxygens (including phenoxy) is 1. The molecule has 1 atom stereocenters.